The van der Waals surface area contributed by atoms with Crippen LogP contribution in [-0.4, -0.2) is 26.6 Å². The Kier molecular flexibility index (Phi) is 5.91. The second-order valence-electron chi connectivity index (χ2n) is 7.57. The van der Waals surface area contributed by atoms with Crippen molar-refractivity contribution in [3.63, 3.8) is 0 Å². The Hall–Kier alpha value is -3.38. The lowest BCUT2D eigenvalue weighted by Crippen LogP contribution is -2.32. The maximum absolute atomic E-state index is 12.9. The van der Waals surface area contributed by atoms with E-state index in [0.717, 1.165) is 16.8 Å². The number of hydrogen-bond acceptors (Lipinski definition) is 3. The molecule has 2 aromatic carbocycles. The monoisotopic (exact) mass is 434 g/mol. The highest BCUT2D eigenvalue weighted by molar-refractivity contribution is 6.31. The van der Waals surface area contributed by atoms with Crippen LogP contribution in [0.2, 0.25) is 5.02 Å². The van der Waals surface area contributed by atoms with Crippen molar-refractivity contribution < 1.29 is 4.79 Å². The van der Waals surface area contributed by atoms with Gasteiger partial charge in [0.25, 0.3) is 5.56 Å². The molecule has 0 atom stereocenters. The number of carbonyl (C=O) groups is 1. The normalized spacial score (nSPS) is 11.1. The minimum absolute atomic E-state index is 0.136. The Bertz CT molecular complexity index is 1320. The van der Waals surface area contributed by atoms with Crippen LogP contribution in [0.25, 0.3) is 16.8 Å². The second-order valence-corrected chi connectivity index (χ2v) is 7.98. The zero-order valence-electron chi connectivity index (χ0n) is 17.4. The van der Waals surface area contributed by atoms with Crippen molar-refractivity contribution in [1.82, 2.24) is 19.5 Å². The summed E-state index contributed by atoms with van der Waals surface area (Å²) in [6.07, 6.45) is 3.65. The highest BCUT2D eigenvalue weighted by Gasteiger charge is 2.11. The van der Waals surface area contributed by atoms with Gasteiger partial charge in [0.15, 0.2) is 0 Å². The molecule has 2 aromatic heterocycles. The smallest absolute Gasteiger partial charge is 0.276 e. The van der Waals surface area contributed by atoms with Crippen LogP contribution in [0.4, 0.5) is 0 Å². The molecule has 4 rings (SSSR count). The van der Waals surface area contributed by atoms with Crippen molar-refractivity contribution in [2.75, 3.05) is 6.54 Å². The van der Waals surface area contributed by atoms with E-state index in [1.807, 2.05) is 24.3 Å². The molecule has 0 aliphatic heterocycles. The van der Waals surface area contributed by atoms with Gasteiger partial charge in [-0.1, -0.05) is 41.9 Å². The third-order valence-electron chi connectivity index (χ3n) is 5.39. The molecule has 158 valence electrons. The van der Waals surface area contributed by atoms with Crippen LogP contribution in [0.3, 0.4) is 0 Å². The number of benzene rings is 2. The van der Waals surface area contributed by atoms with Crippen molar-refractivity contribution in [1.29, 1.82) is 0 Å². The summed E-state index contributed by atoms with van der Waals surface area (Å²) in [7, 11) is 0. The molecule has 0 saturated heterocycles. The number of aryl methyl sites for hydroxylation is 2. The topological polar surface area (TPSA) is 68.4 Å². The highest BCUT2D eigenvalue weighted by atomic mass is 35.5. The molecule has 0 bridgehead atoms. The van der Waals surface area contributed by atoms with Gasteiger partial charge in [0.1, 0.15) is 5.52 Å². The summed E-state index contributed by atoms with van der Waals surface area (Å²) >= 11 is 6.10. The van der Waals surface area contributed by atoms with Gasteiger partial charge >= 0.3 is 0 Å². The number of rotatable bonds is 6. The first kappa shape index (κ1) is 20.9. The van der Waals surface area contributed by atoms with E-state index in [-0.39, 0.29) is 17.9 Å². The molecule has 0 spiro atoms. The van der Waals surface area contributed by atoms with Crippen molar-refractivity contribution in [3.8, 4) is 11.3 Å². The molecule has 7 heteroatoms. The van der Waals surface area contributed by atoms with E-state index in [9.17, 15) is 9.59 Å². The van der Waals surface area contributed by atoms with E-state index in [1.54, 1.807) is 33.6 Å². The van der Waals surface area contributed by atoms with Gasteiger partial charge in [0.2, 0.25) is 5.91 Å². The van der Waals surface area contributed by atoms with E-state index in [2.05, 4.69) is 36.4 Å². The molecule has 31 heavy (non-hydrogen) atoms. The fraction of sp³-hybridized carbons (Fsp3) is 0.208. The first-order valence-electron chi connectivity index (χ1n) is 10.1. The van der Waals surface area contributed by atoms with E-state index in [0.29, 0.717) is 23.6 Å². The van der Waals surface area contributed by atoms with Gasteiger partial charge in [-0.2, -0.15) is 5.10 Å². The van der Waals surface area contributed by atoms with Crippen LogP contribution < -0.4 is 10.9 Å². The van der Waals surface area contributed by atoms with Crippen LogP contribution in [0.1, 0.15) is 16.7 Å². The number of halogens is 1. The van der Waals surface area contributed by atoms with Gasteiger partial charge in [-0.3, -0.25) is 9.59 Å². The highest BCUT2D eigenvalue weighted by Crippen LogP contribution is 2.21. The Morgan fingerprint density at radius 2 is 1.87 bits per heavy atom. The lowest BCUT2D eigenvalue weighted by atomic mass is 10.0. The number of nitrogens with zero attached hydrogens (tertiary/aromatic N) is 3. The van der Waals surface area contributed by atoms with E-state index in [4.69, 9.17) is 11.6 Å². The summed E-state index contributed by atoms with van der Waals surface area (Å²) in [6, 6.07) is 15.2. The quantitative estimate of drug-likeness (QED) is 0.502. The van der Waals surface area contributed by atoms with E-state index in [1.165, 1.54) is 11.1 Å². The molecule has 0 aliphatic rings. The third-order valence-corrected chi connectivity index (χ3v) is 5.76. The van der Waals surface area contributed by atoms with Gasteiger partial charge in [-0.05, 0) is 48.7 Å². The van der Waals surface area contributed by atoms with Crippen LogP contribution in [-0.2, 0) is 17.8 Å². The van der Waals surface area contributed by atoms with Crippen molar-refractivity contribution in [2.24, 2.45) is 0 Å². The van der Waals surface area contributed by atoms with E-state index >= 15 is 0 Å². The molecule has 0 unspecified atom stereocenters. The van der Waals surface area contributed by atoms with Crippen LogP contribution >= 0.6 is 11.6 Å². The largest absolute Gasteiger partial charge is 0.354 e. The predicted octanol–water partition coefficient (Wildman–Crippen LogP) is 3.79. The fourth-order valence-electron chi connectivity index (χ4n) is 3.44. The van der Waals surface area contributed by atoms with Crippen LogP contribution in [0, 0.1) is 13.8 Å². The molecule has 6 nitrogen and oxygen atoms in total. The molecule has 4 aromatic rings. The summed E-state index contributed by atoms with van der Waals surface area (Å²) in [5, 5.41) is 7.95. The van der Waals surface area contributed by atoms with Crippen LogP contribution in [0.15, 0.2) is 65.7 Å². The number of hydrogen-bond donors (Lipinski definition) is 1. The summed E-state index contributed by atoms with van der Waals surface area (Å²) < 4.78 is 3.18. The van der Waals surface area contributed by atoms with Gasteiger partial charge < -0.3 is 9.88 Å². The number of aromatic nitrogens is 3. The Labute approximate surface area is 185 Å². The van der Waals surface area contributed by atoms with Gasteiger partial charge in [0.05, 0.1) is 12.1 Å². The maximum atomic E-state index is 12.9. The summed E-state index contributed by atoms with van der Waals surface area (Å²) in [4.78, 5) is 25.1. The second kappa shape index (κ2) is 8.78. The lowest BCUT2D eigenvalue weighted by Gasteiger charge is -2.08. The first-order valence-corrected chi connectivity index (χ1v) is 10.5. The Morgan fingerprint density at radius 1 is 1.06 bits per heavy atom. The van der Waals surface area contributed by atoms with Gasteiger partial charge in [-0.15, -0.1) is 0 Å². The minimum atomic E-state index is -0.148. The number of carbonyl (C=O) groups excluding carboxylic acids is 1. The van der Waals surface area contributed by atoms with Gasteiger partial charge in [-0.25, -0.2) is 4.52 Å². The predicted molar refractivity (Wildman–Crippen MR) is 123 cm³/mol. The number of amides is 1. The van der Waals surface area contributed by atoms with E-state index < -0.39 is 0 Å². The van der Waals surface area contributed by atoms with Crippen molar-refractivity contribution in [3.05, 3.63) is 93.0 Å². The zero-order chi connectivity index (χ0) is 22.0. The fourth-order valence-corrected chi connectivity index (χ4v) is 3.64. The summed E-state index contributed by atoms with van der Waals surface area (Å²) in [5.74, 6) is -0.136. The molecule has 1 amide bonds. The standard InChI is InChI=1S/C24H23ClN4O2/c1-16-7-8-19(13-17(16)2)21-15-22-24(31)28(11-12-29(22)27-21)10-9-26-23(30)14-18-5-3-4-6-20(18)25/h3-8,11-13,15H,9-10,14H2,1-2H3,(H,26,30). The Balaban J connectivity index is 1.45. The third kappa shape index (κ3) is 4.54. The average molecular weight is 435 g/mol. The molecule has 0 saturated carbocycles. The Morgan fingerprint density at radius 3 is 2.65 bits per heavy atom. The van der Waals surface area contributed by atoms with Crippen molar-refractivity contribution >= 4 is 23.0 Å². The SMILES string of the molecule is Cc1ccc(-c2cc3c(=O)n(CCNC(=O)Cc4ccccc4Cl)ccn3n2)cc1C. The first-order chi connectivity index (χ1) is 14.9. The molecule has 0 aliphatic carbocycles. The molecular formula is C24H23ClN4O2. The summed E-state index contributed by atoms with van der Waals surface area (Å²) in [5.41, 5.74) is 5.25. The molecule has 2 heterocycles. The van der Waals surface area contributed by atoms with Crippen molar-refractivity contribution in [2.45, 2.75) is 26.8 Å². The van der Waals surface area contributed by atoms with Crippen LogP contribution in [0.5, 0.6) is 0 Å². The number of fused-ring (bicyclic) bond motifs is 1. The maximum Gasteiger partial charge on any atom is 0.276 e. The average Bonchev–Trinajstić information content (AvgIpc) is 3.19. The molecular weight excluding hydrogens is 412 g/mol. The molecule has 0 fully saturated rings. The molecule has 1 N–H and O–H groups in total. The van der Waals surface area contributed by atoms with Gasteiger partial charge in [0, 0.05) is 36.1 Å². The summed E-state index contributed by atoms with van der Waals surface area (Å²) in [6.45, 7) is 4.83. The zero-order valence-corrected chi connectivity index (χ0v) is 18.2. The number of nitrogens with one attached hydrogen (secondary N) is 1. The minimum Gasteiger partial charge on any atom is -0.354 e. The lowest BCUT2D eigenvalue weighted by molar-refractivity contribution is -0.120. The molecule has 0 radical (unpaired) electrons.